The summed E-state index contributed by atoms with van der Waals surface area (Å²) in [5.41, 5.74) is 33.9. The minimum atomic E-state index is -0.313. The first-order valence-corrected chi connectivity index (χ1v) is 40.1. The molecule has 19 aromatic carbocycles. The highest BCUT2D eigenvalue weighted by molar-refractivity contribution is 7.00. The van der Waals surface area contributed by atoms with Gasteiger partial charge in [-0.05, 0) is 206 Å². The summed E-state index contributed by atoms with van der Waals surface area (Å²) in [6, 6.07) is 152. The molecule has 2 aliphatic heterocycles. The van der Waals surface area contributed by atoms with Gasteiger partial charge in [-0.2, -0.15) is 0 Å². The number of benzene rings is 19. The molecule has 0 fully saturated rings. The molecule has 0 saturated carbocycles. The molecule has 5 heteroatoms. The summed E-state index contributed by atoms with van der Waals surface area (Å²) in [6.07, 6.45) is 0. The minimum absolute atomic E-state index is 0.00265. The van der Waals surface area contributed by atoms with E-state index >= 15 is 0 Å². The van der Waals surface area contributed by atoms with Crippen molar-refractivity contribution in [3.05, 3.63) is 406 Å². The summed E-state index contributed by atoms with van der Waals surface area (Å²) >= 11 is 0. The number of aromatic nitrogens is 2. The zero-order valence-corrected chi connectivity index (χ0v) is 64.0. The molecule has 0 N–H and O–H groups in total. The van der Waals surface area contributed by atoms with Gasteiger partial charge in [-0.25, -0.2) is 0 Å². The molecule has 538 valence electrons. The van der Waals surface area contributed by atoms with E-state index in [2.05, 4.69) is 440 Å². The maximum atomic E-state index is 2.73. The van der Waals surface area contributed by atoms with E-state index in [1.165, 1.54) is 75.8 Å². The maximum Gasteiger partial charge on any atom is 0.252 e. The topological polar surface area (TPSA) is 16.3 Å². The lowest BCUT2D eigenvalue weighted by atomic mass is 9.33. The summed E-state index contributed by atoms with van der Waals surface area (Å²) < 4.78 is 5.06. The Bertz CT molecular complexity index is 7190. The van der Waals surface area contributed by atoms with E-state index in [0.29, 0.717) is 0 Å². The van der Waals surface area contributed by atoms with Crippen LogP contribution in [0.1, 0.15) is 26.3 Å². The van der Waals surface area contributed by atoms with E-state index in [1.807, 2.05) is 0 Å². The average molecular weight is 1460 g/mol. The molecule has 4 heterocycles. The molecule has 4 nitrogen and oxygen atoms in total. The van der Waals surface area contributed by atoms with Crippen LogP contribution in [0.25, 0.3) is 165 Å². The number of fused-ring (bicyclic) bond motifs is 10. The Kier molecular flexibility index (Phi) is 15.0. The molecule has 0 saturated heterocycles. The van der Waals surface area contributed by atoms with Crippen LogP contribution in [-0.4, -0.2) is 15.8 Å². The lowest BCUT2D eigenvalue weighted by molar-refractivity contribution is 0.591. The zero-order chi connectivity index (χ0) is 76.1. The van der Waals surface area contributed by atoms with Crippen LogP contribution in [0, 0.1) is 0 Å². The maximum absolute atomic E-state index is 2.73. The van der Waals surface area contributed by atoms with Crippen LogP contribution in [0.3, 0.4) is 0 Å². The molecule has 0 radical (unpaired) electrons. The predicted octanol–water partition coefficient (Wildman–Crippen LogP) is 27.8. The van der Waals surface area contributed by atoms with Gasteiger partial charge in [-0.3, -0.25) is 0 Å². The Morgan fingerprint density at radius 2 is 0.530 bits per heavy atom. The zero-order valence-electron chi connectivity index (χ0n) is 64.0. The quantitative estimate of drug-likeness (QED) is 0.0948. The monoisotopic (exact) mass is 1460 g/mol. The molecule has 2 aliphatic rings. The summed E-state index contributed by atoms with van der Waals surface area (Å²) in [7, 11) is 0. The minimum Gasteiger partial charge on any atom is -0.310 e. The first-order chi connectivity index (χ1) is 56.7. The van der Waals surface area contributed by atoms with Crippen molar-refractivity contribution in [3.63, 3.8) is 0 Å². The lowest BCUT2D eigenvalue weighted by Crippen LogP contribution is -2.61. The van der Waals surface area contributed by atoms with Gasteiger partial charge in [-0.15, -0.1) is 0 Å². The van der Waals surface area contributed by atoms with Gasteiger partial charge in [0.1, 0.15) is 0 Å². The first kappa shape index (κ1) is 66.3. The van der Waals surface area contributed by atoms with Crippen LogP contribution in [0.5, 0.6) is 0 Å². The summed E-state index contributed by atoms with van der Waals surface area (Å²) in [6.45, 7) is 6.64. The predicted molar refractivity (Wildman–Crippen MR) is 490 cm³/mol. The molecular weight excluding hydrogens is 1390 g/mol. The Morgan fingerprint density at radius 3 is 0.904 bits per heavy atom. The Balaban J connectivity index is 0.903. The lowest BCUT2D eigenvalue weighted by Gasteiger charge is -2.46. The number of anilines is 6. The first-order valence-electron chi connectivity index (χ1n) is 40.1. The van der Waals surface area contributed by atoms with Crippen molar-refractivity contribution in [2.24, 2.45) is 0 Å². The Labute approximate surface area is 669 Å². The highest BCUT2D eigenvalue weighted by atomic mass is 15.2. The van der Waals surface area contributed by atoms with Crippen LogP contribution in [0.15, 0.2) is 400 Å². The van der Waals surface area contributed by atoms with Gasteiger partial charge >= 0.3 is 0 Å². The van der Waals surface area contributed by atoms with Crippen molar-refractivity contribution in [3.8, 4) is 89.3 Å². The molecule has 0 spiro atoms. The molecule has 0 bridgehead atoms. The molecule has 2 aromatic heterocycles. The molecule has 23 rings (SSSR count). The van der Waals surface area contributed by atoms with E-state index in [-0.39, 0.29) is 12.1 Å². The van der Waals surface area contributed by atoms with E-state index < -0.39 is 0 Å². The van der Waals surface area contributed by atoms with Gasteiger partial charge in [-0.1, -0.05) is 330 Å². The summed E-state index contributed by atoms with van der Waals surface area (Å²) in [5.74, 6) is 0. The normalized spacial score (nSPS) is 12.6. The highest BCUT2D eigenvalue weighted by Crippen LogP contribution is 2.56. The van der Waals surface area contributed by atoms with Gasteiger partial charge in [0, 0.05) is 72.2 Å². The molecule has 0 unspecified atom stereocenters. The van der Waals surface area contributed by atoms with E-state index in [0.717, 1.165) is 145 Å². The molecule has 0 atom stereocenters. The van der Waals surface area contributed by atoms with Gasteiger partial charge in [0.15, 0.2) is 0 Å². The van der Waals surface area contributed by atoms with Gasteiger partial charge in [0.05, 0.1) is 39.1 Å². The van der Waals surface area contributed by atoms with Gasteiger partial charge in [0.2, 0.25) is 0 Å². The third kappa shape index (κ3) is 10.5. The number of hydrogen-bond acceptors (Lipinski definition) is 2. The Hall–Kier alpha value is -14.5. The SMILES string of the molecule is CC(C)(C)c1cc2ccc3cc(-c4ccc5c(c4)N(c4c(-c6ccccc6)cc(-c6ccccc6)cc4-c4ccccc4)c4cc(-n6c7ccccc7c7ccccc76)cc6c4B5c4ccc(-n5c7ccccc7c7ccccc75)cc4N6c4c(-c5ccccc5)cc(-c5ccccc5)cc4-c4ccccc4)cc4ccc(c1)c2c34. The highest BCUT2D eigenvalue weighted by Gasteiger charge is 2.46. The van der Waals surface area contributed by atoms with Gasteiger partial charge < -0.3 is 18.9 Å². The van der Waals surface area contributed by atoms with Crippen LogP contribution < -0.4 is 26.2 Å². The number of nitrogens with zero attached hydrogens (tertiary/aromatic N) is 4. The van der Waals surface area contributed by atoms with Crippen molar-refractivity contribution in [1.82, 2.24) is 9.13 Å². The molecular formula is C110H75BN4. The number of para-hydroxylation sites is 4. The van der Waals surface area contributed by atoms with E-state index in [9.17, 15) is 0 Å². The van der Waals surface area contributed by atoms with Crippen LogP contribution >= 0.6 is 0 Å². The van der Waals surface area contributed by atoms with Crippen molar-refractivity contribution >= 4 is 133 Å². The summed E-state index contributed by atoms with van der Waals surface area (Å²) in [5, 5.41) is 12.5. The van der Waals surface area contributed by atoms with Crippen molar-refractivity contribution in [2.75, 3.05) is 9.80 Å². The molecule has 0 amide bonds. The molecule has 0 aliphatic carbocycles. The fourth-order valence-electron chi connectivity index (χ4n) is 19.4. The smallest absolute Gasteiger partial charge is 0.252 e. The van der Waals surface area contributed by atoms with Gasteiger partial charge in [0.25, 0.3) is 6.71 Å². The van der Waals surface area contributed by atoms with E-state index in [1.54, 1.807) is 0 Å². The van der Waals surface area contributed by atoms with Crippen LogP contribution in [0.2, 0.25) is 0 Å². The van der Waals surface area contributed by atoms with Crippen molar-refractivity contribution in [2.45, 2.75) is 26.2 Å². The van der Waals surface area contributed by atoms with Crippen LogP contribution in [0.4, 0.5) is 34.1 Å². The molecule has 115 heavy (non-hydrogen) atoms. The second-order valence-corrected chi connectivity index (χ2v) is 32.3. The average Bonchev–Trinajstić information content (AvgIpc) is 1.46. The standard InChI is InChI=1S/C110H75BN4/c1-110(2,3)84-60-79-52-50-77-58-81(59-78-51-53-80(61-84)106(79)105(77)78)76-54-56-95-101(66-76)114(108-91(72-34-14-6-15-35-72)62-82(70-30-10-4-11-31-70)63-92(108)73-36-16-7-17-37-73)103-68-86(113-99-48-28-24-44-89(99)90-45-25-29-49-100(90)113)69-104-107(103)111(95)96-57-55-85(112-97-46-26-22-42-87(97)88-43-23-27-47-98(88)112)67-102(96)115(104)109-93(74-38-18-8-19-39-74)64-83(71-32-12-5-13-33-71)65-94(109)75-40-20-9-21-41-75/h4-69H,1-3H3. The number of hydrogen-bond donors (Lipinski definition) is 0. The van der Waals surface area contributed by atoms with Crippen molar-refractivity contribution < 1.29 is 0 Å². The van der Waals surface area contributed by atoms with Crippen molar-refractivity contribution in [1.29, 1.82) is 0 Å². The molecule has 21 aromatic rings. The third-order valence-corrected chi connectivity index (χ3v) is 24.7. The van der Waals surface area contributed by atoms with Crippen LogP contribution in [-0.2, 0) is 5.41 Å². The fraction of sp³-hybridized carbons (Fsp3) is 0.0364. The fourth-order valence-corrected chi connectivity index (χ4v) is 19.4. The second kappa shape index (κ2) is 26.0. The third-order valence-electron chi connectivity index (χ3n) is 24.7. The largest absolute Gasteiger partial charge is 0.310 e. The summed E-state index contributed by atoms with van der Waals surface area (Å²) in [4.78, 5) is 5.45. The second-order valence-electron chi connectivity index (χ2n) is 32.3. The van der Waals surface area contributed by atoms with E-state index in [4.69, 9.17) is 0 Å². The Morgan fingerprint density at radius 1 is 0.226 bits per heavy atom. The number of rotatable bonds is 11.